The number of phenolic OH excluding ortho intramolecular Hbond substituents is 1. The van der Waals surface area contributed by atoms with Gasteiger partial charge in [-0.05, 0) is 24.6 Å². The average molecular weight is 348 g/mol. The summed E-state index contributed by atoms with van der Waals surface area (Å²) in [6, 6.07) is 5.47. The van der Waals surface area contributed by atoms with Crippen LogP contribution in [0.5, 0.6) is 5.75 Å². The van der Waals surface area contributed by atoms with Gasteiger partial charge in [-0.1, -0.05) is 12.1 Å². The first kappa shape index (κ1) is 17.4. The Morgan fingerprint density at radius 1 is 1.28 bits per heavy atom. The van der Waals surface area contributed by atoms with Gasteiger partial charge in [-0.25, -0.2) is 4.79 Å². The average Bonchev–Trinajstić information content (AvgIpc) is 3.06. The summed E-state index contributed by atoms with van der Waals surface area (Å²) in [7, 11) is 1.37. The van der Waals surface area contributed by atoms with Crippen molar-refractivity contribution in [1.29, 1.82) is 0 Å². The van der Waals surface area contributed by atoms with Gasteiger partial charge in [-0.2, -0.15) is 0 Å². The number of aromatic hydroxyl groups is 1. The van der Waals surface area contributed by atoms with Crippen LogP contribution in [-0.4, -0.2) is 58.7 Å². The molecule has 1 aromatic carbocycles. The molecule has 2 saturated heterocycles. The summed E-state index contributed by atoms with van der Waals surface area (Å²) < 4.78 is 5.07. The quantitative estimate of drug-likeness (QED) is 0.499. The fourth-order valence-corrected chi connectivity index (χ4v) is 3.77. The van der Waals surface area contributed by atoms with E-state index in [1.54, 1.807) is 19.1 Å². The van der Waals surface area contributed by atoms with Crippen molar-refractivity contribution >= 4 is 17.8 Å². The third kappa shape index (κ3) is 2.40. The number of rotatable bonds is 4. The van der Waals surface area contributed by atoms with Crippen molar-refractivity contribution in [2.45, 2.75) is 18.5 Å². The third-order valence-electron chi connectivity index (χ3n) is 5.02. The second-order valence-corrected chi connectivity index (χ2v) is 6.30. The standard InChI is InChI=1S/C17H20N2O6/c1-3-25-16(24)17(8-20)12-11(14(22)19(2)15(12)23)13(18-17)9-4-6-10(21)7-5-9/h4-7,11-13,18,20-21H,3,8H2,1-2H3/t11-,12-,13-,17+/m0/s1. The molecule has 25 heavy (non-hydrogen) atoms. The van der Waals surface area contributed by atoms with E-state index in [9.17, 15) is 24.6 Å². The number of nitrogens with one attached hydrogen (secondary N) is 1. The van der Waals surface area contributed by atoms with E-state index in [0.717, 1.165) is 4.90 Å². The highest BCUT2D eigenvalue weighted by Gasteiger charge is 2.68. The number of hydrogen-bond acceptors (Lipinski definition) is 7. The molecule has 0 bridgehead atoms. The number of phenols is 1. The maximum absolute atomic E-state index is 12.6. The molecule has 2 heterocycles. The van der Waals surface area contributed by atoms with Gasteiger partial charge in [-0.3, -0.25) is 19.8 Å². The monoisotopic (exact) mass is 348 g/mol. The number of nitrogens with zero attached hydrogens (tertiary/aromatic N) is 1. The van der Waals surface area contributed by atoms with E-state index in [1.165, 1.54) is 19.2 Å². The van der Waals surface area contributed by atoms with Crippen LogP contribution in [0.15, 0.2) is 24.3 Å². The highest BCUT2D eigenvalue weighted by molar-refractivity contribution is 6.09. The topological polar surface area (TPSA) is 116 Å². The largest absolute Gasteiger partial charge is 0.508 e. The Bertz CT molecular complexity index is 718. The van der Waals surface area contributed by atoms with Gasteiger partial charge >= 0.3 is 5.97 Å². The van der Waals surface area contributed by atoms with E-state index in [1.807, 2.05) is 0 Å². The SMILES string of the molecule is CCOC(=O)[C@]1(CO)N[C@@H](c2ccc(O)cc2)[C@H]2C(=O)N(C)C(=O)[C@H]21. The zero-order valence-corrected chi connectivity index (χ0v) is 13.9. The number of ether oxygens (including phenoxy) is 1. The van der Waals surface area contributed by atoms with Crippen molar-refractivity contribution in [3.8, 4) is 5.75 Å². The van der Waals surface area contributed by atoms with Crippen LogP contribution in [0.4, 0.5) is 0 Å². The van der Waals surface area contributed by atoms with Crippen LogP contribution in [-0.2, 0) is 19.1 Å². The molecule has 2 aliphatic rings. The lowest BCUT2D eigenvalue weighted by Crippen LogP contribution is -2.58. The minimum absolute atomic E-state index is 0.0584. The smallest absolute Gasteiger partial charge is 0.329 e. The third-order valence-corrected chi connectivity index (χ3v) is 5.02. The summed E-state index contributed by atoms with van der Waals surface area (Å²) in [6.45, 7) is 1.04. The minimum Gasteiger partial charge on any atom is -0.508 e. The molecule has 1 aromatic rings. The molecule has 8 nitrogen and oxygen atoms in total. The number of aliphatic hydroxyl groups excluding tert-OH is 1. The Morgan fingerprint density at radius 3 is 2.48 bits per heavy atom. The number of fused-ring (bicyclic) bond motifs is 1. The number of likely N-dealkylation sites (tertiary alicyclic amines) is 1. The van der Waals surface area contributed by atoms with Crippen molar-refractivity contribution in [3.63, 3.8) is 0 Å². The normalized spacial score (nSPS) is 31.3. The number of amides is 2. The number of carbonyl (C=O) groups is 3. The van der Waals surface area contributed by atoms with Crippen LogP contribution in [0.25, 0.3) is 0 Å². The van der Waals surface area contributed by atoms with Crippen molar-refractivity contribution < 1.29 is 29.3 Å². The molecule has 134 valence electrons. The lowest BCUT2D eigenvalue weighted by Gasteiger charge is -2.30. The molecule has 0 aliphatic carbocycles. The zero-order valence-electron chi connectivity index (χ0n) is 13.9. The minimum atomic E-state index is -1.68. The molecule has 2 aliphatic heterocycles. The molecule has 0 radical (unpaired) electrons. The van der Waals surface area contributed by atoms with Gasteiger partial charge in [0.05, 0.1) is 25.0 Å². The molecule has 3 N–H and O–H groups in total. The first-order valence-corrected chi connectivity index (χ1v) is 8.03. The summed E-state index contributed by atoms with van der Waals surface area (Å²) in [4.78, 5) is 38.8. The van der Waals surface area contributed by atoms with E-state index in [4.69, 9.17) is 4.74 Å². The first-order chi connectivity index (χ1) is 11.9. The van der Waals surface area contributed by atoms with Crippen molar-refractivity contribution in [1.82, 2.24) is 10.2 Å². The number of carbonyl (C=O) groups excluding carboxylic acids is 3. The molecule has 2 fully saturated rings. The van der Waals surface area contributed by atoms with E-state index in [-0.39, 0.29) is 12.4 Å². The van der Waals surface area contributed by atoms with Gasteiger partial charge in [0.1, 0.15) is 5.75 Å². The molecule has 0 unspecified atom stereocenters. The zero-order chi connectivity index (χ0) is 18.4. The molecule has 4 atom stereocenters. The lowest BCUT2D eigenvalue weighted by molar-refractivity contribution is -0.158. The fraction of sp³-hybridized carbons (Fsp3) is 0.471. The predicted octanol–water partition coefficient (Wildman–Crippen LogP) is -0.438. The summed E-state index contributed by atoms with van der Waals surface area (Å²) in [5.41, 5.74) is -1.05. The Balaban J connectivity index is 2.10. The number of esters is 1. The van der Waals surface area contributed by atoms with Crippen molar-refractivity contribution in [3.05, 3.63) is 29.8 Å². The fourth-order valence-electron chi connectivity index (χ4n) is 3.77. The van der Waals surface area contributed by atoms with Crippen LogP contribution in [0, 0.1) is 11.8 Å². The molecule has 0 saturated carbocycles. The second kappa shape index (κ2) is 6.12. The molecular formula is C17H20N2O6. The summed E-state index contributed by atoms with van der Waals surface area (Å²) in [5, 5.41) is 22.4. The van der Waals surface area contributed by atoms with Crippen LogP contribution >= 0.6 is 0 Å². The van der Waals surface area contributed by atoms with Crippen LogP contribution in [0.1, 0.15) is 18.5 Å². The Labute approximate surface area is 144 Å². The van der Waals surface area contributed by atoms with Crippen LogP contribution in [0.2, 0.25) is 0 Å². The maximum Gasteiger partial charge on any atom is 0.329 e. The van der Waals surface area contributed by atoms with Crippen LogP contribution < -0.4 is 5.32 Å². The Kier molecular flexibility index (Phi) is 4.26. The number of imide groups is 1. The Morgan fingerprint density at radius 2 is 1.92 bits per heavy atom. The molecule has 8 heteroatoms. The molecular weight excluding hydrogens is 328 g/mol. The number of hydrogen-bond donors (Lipinski definition) is 3. The van der Waals surface area contributed by atoms with E-state index >= 15 is 0 Å². The second-order valence-electron chi connectivity index (χ2n) is 6.30. The van der Waals surface area contributed by atoms with Gasteiger partial charge in [0.2, 0.25) is 11.8 Å². The summed E-state index contributed by atoms with van der Waals surface area (Å²) >= 11 is 0. The van der Waals surface area contributed by atoms with Gasteiger partial charge < -0.3 is 14.9 Å². The highest BCUT2D eigenvalue weighted by Crippen LogP contribution is 2.48. The van der Waals surface area contributed by atoms with Gasteiger partial charge in [-0.15, -0.1) is 0 Å². The number of benzene rings is 1. The summed E-state index contributed by atoms with van der Waals surface area (Å²) in [5.74, 6) is -3.52. The van der Waals surface area contributed by atoms with Crippen molar-refractivity contribution in [2.75, 3.05) is 20.3 Å². The van der Waals surface area contributed by atoms with Gasteiger partial charge in [0, 0.05) is 13.1 Å². The number of aliphatic hydroxyl groups is 1. The van der Waals surface area contributed by atoms with Gasteiger partial charge in [0.25, 0.3) is 0 Å². The first-order valence-electron chi connectivity index (χ1n) is 8.03. The van der Waals surface area contributed by atoms with E-state index in [0.29, 0.717) is 5.56 Å². The van der Waals surface area contributed by atoms with Crippen LogP contribution in [0.3, 0.4) is 0 Å². The van der Waals surface area contributed by atoms with Gasteiger partial charge in [0.15, 0.2) is 5.54 Å². The molecule has 2 amide bonds. The van der Waals surface area contributed by atoms with Crippen molar-refractivity contribution in [2.24, 2.45) is 11.8 Å². The Hall–Kier alpha value is -2.45. The predicted molar refractivity (Wildman–Crippen MR) is 85.2 cm³/mol. The molecule has 0 aromatic heterocycles. The van der Waals surface area contributed by atoms with E-state index < -0.39 is 47.8 Å². The maximum atomic E-state index is 12.6. The molecule has 0 spiro atoms. The highest BCUT2D eigenvalue weighted by atomic mass is 16.5. The van der Waals surface area contributed by atoms with E-state index in [2.05, 4.69) is 5.32 Å². The summed E-state index contributed by atoms with van der Waals surface area (Å²) in [6.07, 6.45) is 0. The molecule has 3 rings (SSSR count). The lowest BCUT2D eigenvalue weighted by atomic mass is 9.79.